The van der Waals surface area contributed by atoms with Gasteiger partial charge in [0, 0.05) is 45.7 Å². The fraction of sp³-hybridized carbons (Fsp3) is 0.348. The molecule has 2 aromatic carbocycles. The molecule has 0 spiro atoms. The molecule has 1 fully saturated rings. The van der Waals surface area contributed by atoms with Crippen molar-refractivity contribution in [3.63, 3.8) is 0 Å². The van der Waals surface area contributed by atoms with E-state index in [1.54, 1.807) is 17.0 Å². The Bertz CT molecular complexity index is 952. The van der Waals surface area contributed by atoms with Gasteiger partial charge in [0.05, 0.1) is 23.9 Å². The molecule has 0 aliphatic carbocycles. The van der Waals surface area contributed by atoms with Gasteiger partial charge in [-0.05, 0) is 23.8 Å². The standard InChI is InChI=1S/C23H26FN5O2/c24-20-14-19(15-25)6-7-21(20)28-12-10-27(11-13-28)17-23(31)29(9-8-22(26)30)16-18-4-2-1-3-5-18/h1-7,14H,8-13,16-17H2,(H2,26,30). The number of hydrogen-bond donors (Lipinski definition) is 1. The molecule has 8 heteroatoms. The number of nitrogens with two attached hydrogens (primary N) is 1. The molecule has 0 bridgehead atoms. The molecule has 0 aromatic heterocycles. The molecule has 31 heavy (non-hydrogen) atoms. The minimum Gasteiger partial charge on any atom is -0.370 e. The molecular formula is C23H26FN5O2. The van der Waals surface area contributed by atoms with E-state index >= 15 is 0 Å². The molecule has 2 amide bonds. The van der Waals surface area contributed by atoms with Crippen molar-refractivity contribution in [2.45, 2.75) is 13.0 Å². The van der Waals surface area contributed by atoms with Crippen LogP contribution in [0.15, 0.2) is 48.5 Å². The van der Waals surface area contributed by atoms with Crippen LogP contribution in [0.1, 0.15) is 17.5 Å². The van der Waals surface area contributed by atoms with Gasteiger partial charge in [-0.15, -0.1) is 0 Å². The van der Waals surface area contributed by atoms with Gasteiger partial charge in [0.2, 0.25) is 11.8 Å². The summed E-state index contributed by atoms with van der Waals surface area (Å²) in [6.07, 6.45) is 0.115. The molecule has 7 nitrogen and oxygen atoms in total. The van der Waals surface area contributed by atoms with Crippen LogP contribution >= 0.6 is 0 Å². The Kier molecular flexibility index (Phi) is 7.57. The number of nitrogens with zero attached hydrogens (tertiary/aromatic N) is 4. The lowest BCUT2D eigenvalue weighted by atomic mass is 10.1. The minimum atomic E-state index is -0.441. The lowest BCUT2D eigenvalue weighted by molar-refractivity contribution is -0.133. The third-order valence-electron chi connectivity index (χ3n) is 5.35. The highest BCUT2D eigenvalue weighted by Gasteiger charge is 2.23. The van der Waals surface area contributed by atoms with Crippen LogP contribution in [0.3, 0.4) is 0 Å². The highest BCUT2D eigenvalue weighted by molar-refractivity contribution is 5.79. The Morgan fingerprint density at radius 1 is 1.10 bits per heavy atom. The summed E-state index contributed by atoms with van der Waals surface area (Å²) in [5.74, 6) is -0.920. The maximum atomic E-state index is 14.3. The van der Waals surface area contributed by atoms with Crippen molar-refractivity contribution in [1.29, 1.82) is 5.26 Å². The first-order valence-electron chi connectivity index (χ1n) is 10.2. The summed E-state index contributed by atoms with van der Waals surface area (Å²) in [7, 11) is 0. The van der Waals surface area contributed by atoms with Gasteiger partial charge >= 0.3 is 0 Å². The number of rotatable bonds is 8. The molecule has 1 aliphatic heterocycles. The maximum absolute atomic E-state index is 14.3. The number of halogens is 1. The number of hydrogen-bond acceptors (Lipinski definition) is 5. The van der Waals surface area contributed by atoms with Crippen molar-refractivity contribution in [2.24, 2.45) is 5.73 Å². The number of carbonyl (C=O) groups excluding carboxylic acids is 2. The fourth-order valence-electron chi connectivity index (χ4n) is 3.61. The van der Waals surface area contributed by atoms with Crippen molar-refractivity contribution in [1.82, 2.24) is 9.80 Å². The molecule has 2 aromatic rings. The number of piperazine rings is 1. The zero-order valence-corrected chi connectivity index (χ0v) is 17.3. The van der Waals surface area contributed by atoms with Gasteiger partial charge in [-0.3, -0.25) is 14.5 Å². The highest BCUT2D eigenvalue weighted by Crippen LogP contribution is 2.22. The van der Waals surface area contributed by atoms with Gasteiger partial charge in [-0.2, -0.15) is 5.26 Å². The Hall–Kier alpha value is -3.44. The zero-order chi connectivity index (χ0) is 22.2. The number of nitriles is 1. The normalized spacial score (nSPS) is 14.1. The second kappa shape index (κ2) is 10.5. The first-order chi connectivity index (χ1) is 15.0. The van der Waals surface area contributed by atoms with Gasteiger partial charge in [0.15, 0.2) is 0 Å². The summed E-state index contributed by atoms with van der Waals surface area (Å²) in [6.45, 7) is 3.31. The molecule has 0 atom stereocenters. The summed E-state index contributed by atoms with van der Waals surface area (Å²) >= 11 is 0. The second-order valence-corrected chi connectivity index (χ2v) is 7.56. The Morgan fingerprint density at radius 2 is 1.81 bits per heavy atom. The summed E-state index contributed by atoms with van der Waals surface area (Å²) < 4.78 is 14.3. The van der Waals surface area contributed by atoms with Crippen molar-refractivity contribution in [3.05, 3.63) is 65.5 Å². The van der Waals surface area contributed by atoms with Gasteiger partial charge < -0.3 is 15.5 Å². The van der Waals surface area contributed by atoms with Gasteiger partial charge in [-0.25, -0.2) is 4.39 Å². The van der Waals surface area contributed by atoms with Crippen molar-refractivity contribution >= 4 is 17.5 Å². The first kappa shape index (κ1) is 22.2. The van der Waals surface area contributed by atoms with E-state index in [4.69, 9.17) is 11.0 Å². The summed E-state index contributed by atoms with van der Waals surface area (Å²) in [5.41, 5.74) is 7.03. The Morgan fingerprint density at radius 3 is 2.42 bits per heavy atom. The lowest BCUT2D eigenvalue weighted by Gasteiger charge is -2.36. The van der Waals surface area contributed by atoms with E-state index < -0.39 is 11.7 Å². The monoisotopic (exact) mass is 423 g/mol. The van der Waals surface area contributed by atoms with Crippen LogP contribution in [0.2, 0.25) is 0 Å². The van der Waals surface area contributed by atoms with Crippen molar-refractivity contribution in [2.75, 3.05) is 44.2 Å². The van der Waals surface area contributed by atoms with E-state index in [-0.39, 0.29) is 25.4 Å². The van der Waals surface area contributed by atoms with Crippen LogP contribution in [0.4, 0.5) is 10.1 Å². The molecular weight excluding hydrogens is 397 g/mol. The van der Waals surface area contributed by atoms with Crippen LogP contribution in [-0.2, 0) is 16.1 Å². The lowest BCUT2D eigenvalue weighted by Crippen LogP contribution is -2.50. The molecule has 162 valence electrons. The van der Waals surface area contributed by atoms with Crippen LogP contribution in [0.25, 0.3) is 0 Å². The highest BCUT2D eigenvalue weighted by atomic mass is 19.1. The molecule has 1 heterocycles. The van der Waals surface area contributed by atoms with Crippen LogP contribution in [0.5, 0.6) is 0 Å². The summed E-state index contributed by atoms with van der Waals surface area (Å²) in [6, 6.07) is 16.0. The average Bonchev–Trinajstić information content (AvgIpc) is 2.77. The number of amides is 2. The minimum absolute atomic E-state index is 0.0666. The Balaban J connectivity index is 1.57. The average molecular weight is 423 g/mol. The van der Waals surface area contributed by atoms with Gasteiger partial charge in [0.1, 0.15) is 5.82 Å². The topological polar surface area (TPSA) is 93.7 Å². The van der Waals surface area contributed by atoms with Crippen molar-refractivity contribution in [3.8, 4) is 6.07 Å². The van der Waals surface area contributed by atoms with Crippen LogP contribution in [-0.4, -0.2) is 60.9 Å². The molecule has 0 radical (unpaired) electrons. The molecule has 1 saturated heterocycles. The van der Waals surface area contributed by atoms with E-state index in [1.807, 2.05) is 46.2 Å². The second-order valence-electron chi connectivity index (χ2n) is 7.56. The fourth-order valence-corrected chi connectivity index (χ4v) is 3.61. The maximum Gasteiger partial charge on any atom is 0.237 e. The number of benzene rings is 2. The van der Waals surface area contributed by atoms with E-state index in [0.29, 0.717) is 44.0 Å². The van der Waals surface area contributed by atoms with Crippen LogP contribution < -0.4 is 10.6 Å². The van der Waals surface area contributed by atoms with E-state index in [9.17, 15) is 14.0 Å². The zero-order valence-electron chi connectivity index (χ0n) is 17.3. The molecule has 0 saturated carbocycles. The summed E-state index contributed by atoms with van der Waals surface area (Å²) in [4.78, 5) is 29.8. The third kappa shape index (κ3) is 6.27. The van der Waals surface area contributed by atoms with Gasteiger partial charge in [0.25, 0.3) is 0 Å². The van der Waals surface area contributed by atoms with E-state index in [2.05, 4.69) is 0 Å². The quantitative estimate of drug-likeness (QED) is 0.698. The SMILES string of the molecule is N#Cc1ccc(N2CCN(CC(=O)N(CCC(N)=O)Cc3ccccc3)CC2)c(F)c1. The first-order valence-corrected chi connectivity index (χ1v) is 10.2. The van der Waals surface area contributed by atoms with Gasteiger partial charge in [-0.1, -0.05) is 30.3 Å². The molecule has 0 unspecified atom stereocenters. The molecule has 2 N–H and O–H groups in total. The van der Waals surface area contributed by atoms with E-state index in [0.717, 1.165) is 5.56 Å². The van der Waals surface area contributed by atoms with E-state index in [1.165, 1.54) is 6.07 Å². The summed E-state index contributed by atoms with van der Waals surface area (Å²) in [5, 5.41) is 8.89. The Labute approximate surface area is 181 Å². The smallest absolute Gasteiger partial charge is 0.237 e. The number of anilines is 1. The number of primary amides is 1. The number of carbonyl (C=O) groups is 2. The van der Waals surface area contributed by atoms with Crippen molar-refractivity contribution < 1.29 is 14.0 Å². The third-order valence-corrected chi connectivity index (χ3v) is 5.35. The largest absolute Gasteiger partial charge is 0.370 e. The molecule has 1 aliphatic rings. The predicted octanol–water partition coefficient (Wildman–Crippen LogP) is 1.72. The molecule has 3 rings (SSSR count). The van der Waals surface area contributed by atoms with Crippen LogP contribution in [0, 0.1) is 17.1 Å². The predicted molar refractivity (Wildman–Crippen MR) is 115 cm³/mol.